The summed E-state index contributed by atoms with van der Waals surface area (Å²) in [7, 11) is 0. The second-order valence-electron chi connectivity index (χ2n) is 2.98. The van der Waals surface area contributed by atoms with Crippen molar-refractivity contribution in [3.05, 3.63) is 0 Å². The summed E-state index contributed by atoms with van der Waals surface area (Å²) < 4.78 is 5.64. The molecule has 2 unspecified atom stereocenters. The first-order valence-electron chi connectivity index (χ1n) is 4.04. The fraction of sp³-hybridized carbons (Fsp3) is 1.00. The van der Waals surface area contributed by atoms with Crippen molar-refractivity contribution < 1.29 is 4.74 Å². The van der Waals surface area contributed by atoms with Crippen LogP contribution in [0.2, 0.25) is 0 Å². The number of rotatable bonds is 3. The predicted octanol–water partition coefficient (Wildman–Crippen LogP) is 2.73. The Labute approximate surface area is 71.3 Å². The Morgan fingerprint density at radius 3 is 2.80 bits per heavy atom. The standard InChI is InChI=1S/C8H15BrO/c1-7-4-5-8(10-7)3-2-6-9/h7-8H,2-6H2,1H3. The summed E-state index contributed by atoms with van der Waals surface area (Å²) in [6.45, 7) is 2.16. The molecule has 0 saturated carbocycles. The summed E-state index contributed by atoms with van der Waals surface area (Å²) in [5, 5.41) is 1.11. The van der Waals surface area contributed by atoms with Gasteiger partial charge in [-0.15, -0.1) is 0 Å². The molecule has 0 aromatic rings. The monoisotopic (exact) mass is 206 g/mol. The maximum absolute atomic E-state index is 5.64. The summed E-state index contributed by atoms with van der Waals surface area (Å²) in [6.07, 6.45) is 6.08. The Bertz CT molecular complexity index is 95.3. The number of alkyl halides is 1. The topological polar surface area (TPSA) is 9.23 Å². The number of hydrogen-bond acceptors (Lipinski definition) is 1. The van der Waals surface area contributed by atoms with Gasteiger partial charge in [0.1, 0.15) is 0 Å². The van der Waals surface area contributed by atoms with E-state index in [1.807, 2.05) is 0 Å². The second kappa shape index (κ2) is 4.35. The molecule has 0 N–H and O–H groups in total. The van der Waals surface area contributed by atoms with E-state index in [0.717, 1.165) is 5.33 Å². The van der Waals surface area contributed by atoms with Crippen molar-refractivity contribution in [1.29, 1.82) is 0 Å². The average molecular weight is 207 g/mol. The molecule has 0 aliphatic carbocycles. The van der Waals surface area contributed by atoms with E-state index in [1.54, 1.807) is 0 Å². The molecule has 1 aliphatic heterocycles. The molecule has 60 valence electrons. The first-order valence-corrected chi connectivity index (χ1v) is 5.16. The van der Waals surface area contributed by atoms with Gasteiger partial charge >= 0.3 is 0 Å². The van der Waals surface area contributed by atoms with Gasteiger partial charge in [0.05, 0.1) is 12.2 Å². The van der Waals surface area contributed by atoms with E-state index in [4.69, 9.17) is 4.74 Å². The van der Waals surface area contributed by atoms with E-state index in [0.29, 0.717) is 12.2 Å². The van der Waals surface area contributed by atoms with Crippen molar-refractivity contribution in [3.8, 4) is 0 Å². The third kappa shape index (κ3) is 2.59. The van der Waals surface area contributed by atoms with Crippen LogP contribution in [0.25, 0.3) is 0 Å². The molecule has 0 radical (unpaired) electrons. The Morgan fingerprint density at radius 2 is 2.30 bits per heavy atom. The Kier molecular flexibility index (Phi) is 3.71. The van der Waals surface area contributed by atoms with Gasteiger partial charge in [-0.05, 0) is 32.6 Å². The van der Waals surface area contributed by atoms with Crippen LogP contribution in [0, 0.1) is 0 Å². The van der Waals surface area contributed by atoms with Gasteiger partial charge in [-0.3, -0.25) is 0 Å². The molecule has 1 fully saturated rings. The first kappa shape index (κ1) is 8.54. The lowest BCUT2D eigenvalue weighted by Gasteiger charge is -2.08. The highest BCUT2D eigenvalue weighted by atomic mass is 79.9. The van der Waals surface area contributed by atoms with Crippen LogP contribution in [-0.2, 0) is 4.74 Å². The molecule has 0 spiro atoms. The van der Waals surface area contributed by atoms with Crippen molar-refractivity contribution in [2.75, 3.05) is 5.33 Å². The minimum absolute atomic E-state index is 0.514. The third-order valence-corrected chi connectivity index (χ3v) is 2.54. The van der Waals surface area contributed by atoms with Crippen LogP contribution >= 0.6 is 15.9 Å². The average Bonchev–Trinajstić information content (AvgIpc) is 2.31. The predicted molar refractivity (Wildman–Crippen MR) is 46.6 cm³/mol. The Hall–Kier alpha value is 0.440. The van der Waals surface area contributed by atoms with Crippen molar-refractivity contribution in [2.24, 2.45) is 0 Å². The summed E-state index contributed by atoms with van der Waals surface area (Å²) in [6, 6.07) is 0. The van der Waals surface area contributed by atoms with E-state index >= 15 is 0 Å². The SMILES string of the molecule is CC1CCC(CCCBr)O1. The molecule has 1 saturated heterocycles. The third-order valence-electron chi connectivity index (χ3n) is 1.98. The highest BCUT2D eigenvalue weighted by Gasteiger charge is 2.20. The molecule has 0 aromatic carbocycles. The highest BCUT2D eigenvalue weighted by Crippen LogP contribution is 2.22. The summed E-state index contributed by atoms with van der Waals surface area (Å²) in [5.74, 6) is 0. The zero-order valence-electron chi connectivity index (χ0n) is 6.48. The van der Waals surface area contributed by atoms with Gasteiger partial charge in [-0.25, -0.2) is 0 Å². The van der Waals surface area contributed by atoms with E-state index in [9.17, 15) is 0 Å². The summed E-state index contributed by atoms with van der Waals surface area (Å²) in [4.78, 5) is 0. The Morgan fingerprint density at radius 1 is 1.50 bits per heavy atom. The normalized spacial score (nSPS) is 33.0. The molecule has 0 amide bonds. The van der Waals surface area contributed by atoms with E-state index in [1.165, 1.54) is 25.7 Å². The van der Waals surface area contributed by atoms with Gasteiger partial charge in [0.25, 0.3) is 0 Å². The largest absolute Gasteiger partial charge is 0.375 e. The van der Waals surface area contributed by atoms with Crippen molar-refractivity contribution in [3.63, 3.8) is 0 Å². The van der Waals surface area contributed by atoms with Crippen LogP contribution in [0.4, 0.5) is 0 Å². The highest BCUT2D eigenvalue weighted by molar-refractivity contribution is 9.09. The number of halogens is 1. The van der Waals surface area contributed by atoms with Crippen molar-refractivity contribution in [1.82, 2.24) is 0 Å². The zero-order chi connectivity index (χ0) is 7.40. The number of hydrogen-bond donors (Lipinski definition) is 0. The lowest BCUT2D eigenvalue weighted by Crippen LogP contribution is -2.07. The minimum Gasteiger partial charge on any atom is -0.375 e. The van der Waals surface area contributed by atoms with Gasteiger partial charge < -0.3 is 4.74 Å². The summed E-state index contributed by atoms with van der Waals surface area (Å²) >= 11 is 3.42. The van der Waals surface area contributed by atoms with Crippen LogP contribution in [0.3, 0.4) is 0 Å². The maximum atomic E-state index is 5.64. The van der Waals surface area contributed by atoms with Crippen LogP contribution in [0.1, 0.15) is 32.6 Å². The Balaban J connectivity index is 2.06. The molecule has 2 atom stereocenters. The molecule has 2 heteroatoms. The van der Waals surface area contributed by atoms with E-state index in [-0.39, 0.29) is 0 Å². The fourth-order valence-corrected chi connectivity index (χ4v) is 1.73. The molecule has 0 bridgehead atoms. The first-order chi connectivity index (χ1) is 4.83. The van der Waals surface area contributed by atoms with Crippen molar-refractivity contribution in [2.45, 2.75) is 44.8 Å². The molecule has 0 aromatic heterocycles. The molecule has 1 nitrogen and oxygen atoms in total. The minimum atomic E-state index is 0.514. The van der Waals surface area contributed by atoms with Gasteiger partial charge in [-0.1, -0.05) is 15.9 Å². The molecular weight excluding hydrogens is 192 g/mol. The molecular formula is C8H15BrO. The van der Waals surface area contributed by atoms with E-state index < -0.39 is 0 Å². The molecule has 1 heterocycles. The van der Waals surface area contributed by atoms with E-state index in [2.05, 4.69) is 22.9 Å². The smallest absolute Gasteiger partial charge is 0.0580 e. The van der Waals surface area contributed by atoms with Gasteiger partial charge in [-0.2, -0.15) is 0 Å². The van der Waals surface area contributed by atoms with Gasteiger partial charge in [0.15, 0.2) is 0 Å². The summed E-state index contributed by atoms with van der Waals surface area (Å²) in [5.41, 5.74) is 0. The lowest BCUT2D eigenvalue weighted by molar-refractivity contribution is 0.0508. The zero-order valence-corrected chi connectivity index (χ0v) is 8.06. The lowest BCUT2D eigenvalue weighted by atomic mass is 10.1. The maximum Gasteiger partial charge on any atom is 0.0580 e. The second-order valence-corrected chi connectivity index (χ2v) is 3.77. The van der Waals surface area contributed by atoms with Gasteiger partial charge in [0, 0.05) is 5.33 Å². The fourth-order valence-electron chi connectivity index (χ4n) is 1.40. The molecule has 1 aliphatic rings. The molecule has 1 rings (SSSR count). The number of ether oxygens (including phenoxy) is 1. The molecule has 10 heavy (non-hydrogen) atoms. The quantitative estimate of drug-likeness (QED) is 0.646. The van der Waals surface area contributed by atoms with Crippen LogP contribution in [0.15, 0.2) is 0 Å². The van der Waals surface area contributed by atoms with Crippen LogP contribution < -0.4 is 0 Å². The van der Waals surface area contributed by atoms with Crippen LogP contribution in [0.5, 0.6) is 0 Å². The van der Waals surface area contributed by atoms with Crippen LogP contribution in [-0.4, -0.2) is 17.5 Å². The van der Waals surface area contributed by atoms with Gasteiger partial charge in [0.2, 0.25) is 0 Å². The van der Waals surface area contributed by atoms with Crippen molar-refractivity contribution >= 4 is 15.9 Å².